The van der Waals surface area contributed by atoms with Gasteiger partial charge in [0.05, 0.1) is 23.1 Å². The van der Waals surface area contributed by atoms with Crippen molar-refractivity contribution in [2.75, 3.05) is 12.3 Å². The Balaban J connectivity index is 1.83. The molecule has 9 nitrogen and oxygen atoms in total. The molecule has 3 N–H and O–H groups in total. The number of benzene rings is 1. The fourth-order valence-electron chi connectivity index (χ4n) is 4.50. The number of hydrogen-bond donors (Lipinski definition) is 3. The van der Waals surface area contributed by atoms with Crippen LogP contribution in [0, 0.1) is 0 Å². The van der Waals surface area contributed by atoms with E-state index in [4.69, 9.17) is 8.97 Å². The number of carboxylic acid groups (broad SMARTS) is 1. The monoisotopic (exact) mass is 433 g/mol. The van der Waals surface area contributed by atoms with Gasteiger partial charge in [0, 0.05) is 23.1 Å². The van der Waals surface area contributed by atoms with E-state index < -0.39 is 38.9 Å². The minimum atomic E-state index is -4.28. The van der Waals surface area contributed by atoms with Crippen LogP contribution in [0.1, 0.15) is 73.3 Å². The van der Waals surface area contributed by atoms with Crippen molar-refractivity contribution in [3.8, 4) is 0 Å². The van der Waals surface area contributed by atoms with Gasteiger partial charge in [-0.15, -0.1) is 0 Å². The van der Waals surface area contributed by atoms with E-state index in [0.29, 0.717) is 12.0 Å². The number of fused-ring (bicyclic) bond motifs is 2. The Hall–Kier alpha value is -2.98. The molecule has 10 heteroatoms. The number of aryl methyl sites for hydroxylation is 1. The third-order valence-electron chi connectivity index (χ3n) is 5.87. The number of aromatic carboxylic acids is 1. The van der Waals surface area contributed by atoms with Gasteiger partial charge < -0.3 is 14.8 Å². The number of nitrogens with one attached hydrogen (secondary N) is 1. The molecule has 2 aliphatic rings. The Kier molecular flexibility index (Phi) is 4.59. The van der Waals surface area contributed by atoms with E-state index in [1.807, 2.05) is 6.92 Å². The summed E-state index contributed by atoms with van der Waals surface area (Å²) >= 11 is 0. The fraction of sp³-hybridized carbons (Fsp3) is 0.350. The second-order valence-corrected chi connectivity index (χ2v) is 9.34. The zero-order valence-corrected chi connectivity index (χ0v) is 16.8. The van der Waals surface area contributed by atoms with Crippen molar-refractivity contribution >= 4 is 27.8 Å². The maximum atomic E-state index is 13.0. The minimum Gasteiger partial charge on any atom is -0.478 e. The van der Waals surface area contributed by atoms with Gasteiger partial charge in [-0.1, -0.05) is 6.92 Å². The maximum absolute atomic E-state index is 13.0. The molecule has 0 aliphatic heterocycles. The number of carbonyl (C=O) groups excluding carboxylic acids is 2. The lowest BCUT2D eigenvalue weighted by Gasteiger charge is -2.39. The third kappa shape index (κ3) is 3.12. The van der Waals surface area contributed by atoms with E-state index in [9.17, 15) is 27.9 Å². The molecule has 0 fully saturated rings. The summed E-state index contributed by atoms with van der Waals surface area (Å²) in [7, 11) is -4.28. The summed E-state index contributed by atoms with van der Waals surface area (Å²) < 4.78 is 36.1. The highest BCUT2D eigenvalue weighted by Gasteiger charge is 2.46. The first-order valence-corrected chi connectivity index (χ1v) is 10.9. The van der Waals surface area contributed by atoms with E-state index in [2.05, 4.69) is 5.32 Å². The molecule has 4 rings (SSSR count). The van der Waals surface area contributed by atoms with E-state index in [0.717, 1.165) is 24.0 Å². The predicted molar refractivity (Wildman–Crippen MR) is 104 cm³/mol. The quantitative estimate of drug-likeness (QED) is 0.604. The standard InChI is InChI=1S/C20H19NO8S/c1-20-4-2-3-10-9-29-17(15(10)20)16(22)13-7-12(19(24)25)11(8-14(13)20)18(23)21-5-6-30(26,27)28/h7-9H,2-6H2,1H3,(H,21,23)(H,24,25)(H,26,27,28). The molecule has 1 amide bonds. The Morgan fingerprint density at radius 3 is 2.67 bits per heavy atom. The molecule has 1 aromatic heterocycles. The first-order valence-electron chi connectivity index (χ1n) is 9.33. The highest BCUT2D eigenvalue weighted by Crippen LogP contribution is 2.50. The Labute approximate surface area is 171 Å². The van der Waals surface area contributed by atoms with E-state index in [1.54, 1.807) is 6.26 Å². The summed E-state index contributed by atoms with van der Waals surface area (Å²) in [6.45, 7) is 1.55. The molecule has 158 valence electrons. The molecule has 0 spiro atoms. The molecule has 1 unspecified atom stereocenters. The van der Waals surface area contributed by atoms with Gasteiger partial charge in [0.15, 0.2) is 5.76 Å². The lowest BCUT2D eigenvalue weighted by atomic mass is 9.62. The van der Waals surface area contributed by atoms with Gasteiger partial charge in [0.25, 0.3) is 16.0 Å². The summed E-state index contributed by atoms with van der Waals surface area (Å²) in [5.74, 6) is -3.12. The van der Waals surface area contributed by atoms with Crippen LogP contribution in [-0.2, 0) is 22.0 Å². The van der Waals surface area contributed by atoms with E-state index in [1.165, 1.54) is 12.1 Å². The Bertz CT molecular complexity index is 1210. The Morgan fingerprint density at radius 1 is 1.27 bits per heavy atom. The highest BCUT2D eigenvalue weighted by atomic mass is 32.2. The molecular weight excluding hydrogens is 414 g/mol. The molecule has 0 bridgehead atoms. The third-order valence-corrected chi connectivity index (χ3v) is 6.59. The van der Waals surface area contributed by atoms with Gasteiger partial charge in [-0.25, -0.2) is 4.79 Å². The second-order valence-electron chi connectivity index (χ2n) is 7.77. The molecule has 2 aromatic rings. The molecule has 0 saturated carbocycles. The van der Waals surface area contributed by atoms with Gasteiger partial charge in [-0.05, 0) is 42.5 Å². The van der Waals surface area contributed by atoms with Crippen molar-refractivity contribution in [1.82, 2.24) is 5.32 Å². The molecular formula is C20H19NO8S. The lowest BCUT2D eigenvalue weighted by Crippen LogP contribution is -2.37. The van der Waals surface area contributed by atoms with Crippen LogP contribution in [0.5, 0.6) is 0 Å². The number of furan rings is 1. The summed E-state index contributed by atoms with van der Waals surface area (Å²) in [6.07, 6.45) is 3.87. The zero-order valence-electron chi connectivity index (χ0n) is 16.0. The zero-order chi connectivity index (χ0) is 21.8. The van der Waals surface area contributed by atoms with Crippen LogP contribution in [0.15, 0.2) is 22.8 Å². The molecule has 30 heavy (non-hydrogen) atoms. The van der Waals surface area contributed by atoms with Crippen LogP contribution < -0.4 is 5.32 Å². The van der Waals surface area contributed by atoms with Crippen LogP contribution in [-0.4, -0.2) is 48.0 Å². The average molecular weight is 433 g/mol. The van der Waals surface area contributed by atoms with Crippen molar-refractivity contribution in [3.05, 3.63) is 57.5 Å². The molecule has 1 aromatic carbocycles. The average Bonchev–Trinajstić information content (AvgIpc) is 3.10. The number of ketones is 1. The van der Waals surface area contributed by atoms with Crippen LogP contribution in [0.2, 0.25) is 0 Å². The van der Waals surface area contributed by atoms with E-state index >= 15 is 0 Å². The SMILES string of the molecule is CC12CCCc3coc(c31)C(=O)c1cc(C(=O)O)c(C(=O)NCCS(=O)(=O)O)cc12. The maximum Gasteiger partial charge on any atom is 0.336 e. The van der Waals surface area contributed by atoms with Crippen molar-refractivity contribution in [1.29, 1.82) is 0 Å². The Morgan fingerprint density at radius 2 is 2.00 bits per heavy atom. The van der Waals surface area contributed by atoms with Crippen molar-refractivity contribution < 1.29 is 36.9 Å². The number of carboxylic acids is 1. The first kappa shape index (κ1) is 20.3. The fourth-order valence-corrected chi connectivity index (χ4v) is 4.86. The summed E-state index contributed by atoms with van der Waals surface area (Å²) in [5, 5.41) is 11.9. The smallest absolute Gasteiger partial charge is 0.336 e. The van der Waals surface area contributed by atoms with Crippen molar-refractivity contribution in [3.63, 3.8) is 0 Å². The summed E-state index contributed by atoms with van der Waals surface area (Å²) in [5.41, 5.74) is 1.28. The van der Waals surface area contributed by atoms with Crippen LogP contribution in [0.4, 0.5) is 0 Å². The van der Waals surface area contributed by atoms with Gasteiger partial charge in [-0.2, -0.15) is 8.42 Å². The largest absolute Gasteiger partial charge is 0.478 e. The summed E-state index contributed by atoms with van der Waals surface area (Å²) in [6, 6.07) is 2.59. The second kappa shape index (κ2) is 6.78. The van der Waals surface area contributed by atoms with Gasteiger partial charge >= 0.3 is 5.97 Å². The summed E-state index contributed by atoms with van der Waals surface area (Å²) in [4.78, 5) is 37.4. The molecule has 1 atom stereocenters. The lowest BCUT2D eigenvalue weighted by molar-refractivity contribution is 0.0691. The van der Waals surface area contributed by atoms with Crippen LogP contribution in [0.3, 0.4) is 0 Å². The van der Waals surface area contributed by atoms with Gasteiger partial charge in [-0.3, -0.25) is 14.1 Å². The molecule has 0 saturated heterocycles. The van der Waals surface area contributed by atoms with Crippen LogP contribution >= 0.6 is 0 Å². The normalized spacial score (nSPS) is 19.7. The molecule has 1 heterocycles. The van der Waals surface area contributed by atoms with Crippen LogP contribution in [0.25, 0.3) is 0 Å². The molecule has 0 radical (unpaired) electrons. The number of rotatable bonds is 5. The van der Waals surface area contributed by atoms with Gasteiger partial charge in [0.2, 0.25) is 5.78 Å². The number of amides is 1. The highest BCUT2D eigenvalue weighted by molar-refractivity contribution is 7.85. The topological polar surface area (TPSA) is 151 Å². The molecule has 2 aliphatic carbocycles. The predicted octanol–water partition coefficient (Wildman–Crippen LogP) is 1.78. The van der Waals surface area contributed by atoms with Gasteiger partial charge in [0.1, 0.15) is 0 Å². The minimum absolute atomic E-state index is 0.176. The first-order chi connectivity index (χ1) is 14.0. The van der Waals surface area contributed by atoms with Crippen molar-refractivity contribution in [2.45, 2.75) is 31.6 Å². The number of hydrogen-bond acceptors (Lipinski definition) is 6. The number of carbonyl (C=O) groups is 3. The van der Waals surface area contributed by atoms with Crippen molar-refractivity contribution in [2.24, 2.45) is 0 Å². The van der Waals surface area contributed by atoms with E-state index in [-0.39, 0.29) is 29.0 Å².